The van der Waals surface area contributed by atoms with E-state index in [0.717, 1.165) is 6.07 Å². The minimum atomic E-state index is -1.08. The molecule has 0 amide bonds. The molecule has 1 N–H and O–H groups in total. The SMILES string of the molecule is COC1CN(CC(O)c2cccc(F)c2F)CC1OC. The Bertz CT molecular complexity index is 446. The third-order valence-corrected chi connectivity index (χ3v) is 3.67. The largest absolute Gasteiger partial charge is 0.387 e. The van der Waals surface area contributed by atoms with E-state index in [1.165, 1.54) is 12.1 Å². The maximum atomic E-state index is 13.6. The number of aliphatic hydroxyl groups excluding tert-OH is 1. The first kappa shape index (κ1) is 15.3. The maximum absolute atomic E-state index is 13.6. The predicted molar refractivity (Wildman–Crippen MR) is 69.4 cm³/mol. The van der Waals surface area contributed by atoms with Crippen LogP contribution in [-0.4, -0.2) is 56.1 Å². The molecule has 0 radical (unpaired) electrons. The molecule has 0 bridgehead atoms. The van der Waals surface area contributed by atoms with Crippen molar-refractivity contribution in [3.63, 3.8) is 0 Å². The second-order valence-electron chi connectivity index (χ2n) is 4.93. The molecular weight excluding hydrogens is 268 g/mol. The van der Waals surface area contributed by atoms with Crippen molar-refractivity contribution in [1.82, 2.24) is 4.90 Å². The number of nitrogens with zero attached hydrogens (tertiary/aromatic N) is 1. The first-order valence-electron chi connectivity index (χ1n) is 6.46. The zero-order chi connectivity index (χ0) is 14.7. The average molecular weight is 287 g/mol. The Morgan fingerprint density at radius 3 is 2.40 bits per heavy atom. The molecule has 0 aromatic heterocycles. The molecule has 112 valence electrons. The summed E-state index contributed by atoms with van der Waals surface area (Å²) in [6.07, 6.45) is -1.24. The van der Waals surface area contributed by atoms with Crippen molar-refractivity contribution in [2.24, 2.45) is 0 Å². The van der Waals surface area contributed by atoms with Gasteiger partial charge in [-0.15, -0.1) is 0 Å². The Morgan fingerprint density at radius 1 is 1.25 bits per heavy atom. The molecule has 1 saturated heterocycles. The normalized spacial score (nSPS) is 25.1. The van der Waals surface area contributed by atoms with Crippen molar-refractivity contribution >= 4 is 0 Å². The lowest BCUT2D eigenvalue weighted by Gasteiger charge is -2.20. The monoisotopic (exact) mass is 287 g/mol. The number of benzene rings is 1. The summed E-state index contributed by atoms with van der Waals surface area (Å²) in [7, 11) is 3.20. The van der Waals surface area contributed by atoms with Crippen LogP contribution in [0.5, 0.6) is 0 Å². The van der Waals surface area contributed by atoms with Gasteiger partial charge in [0.1, 0.15) is 0 Å². The van der Waals surface area contributed by atoms with Gasteiger partial charge in [0.15, 0.2) is 11.6 Å². The average Bonchev–Trinajstić information content (AvgIpc) is 2.83. The molecule has 0 spiro atoms. The van der Waals surface area contributed by atoms with Gasteiger partial charge in [0, 0.05) is 39.4 Å². The van der Waals surface area contributed by atoms with Gasteiger partial charge in [-0.3, -0.25) is 4.90 Å². The first-order chi connectivity index (χ1) is 9.56. The number of aliphatic hydroxyl groups is 1. The Labute approximate surface area is 116 Å². The van der Waals surface area contributed by atoms with E-state index in [4.69, 9.17) is 9.47 Å². The zero-order valence-electron chi connectivity index (χ0n) is 11.6. The molecule has 0 saturated carbocycles. The highest BCUT2D eigenvalue weighted by Crippen LogP contribution is 2.23. The molecule has 0 aliphatic carbocycles. The van der Waals surface area contributed by atoms with Crippen LogP contribution in [0.4, 0.5) is 8.78 Å². The lowest BCUT2D eigenvalue weighted by Crippen LogP contribution is -2.28. The second kappa shape index (κ2) is 6.58. The summed E-state index contributed by atoms with van der Waals surface area (Å²) in [4.78, 5) is 1.91. The van der Waals surface area contributed by atoms with Crippen LogP contribution in [-0.2, 0) is 9.47 Å². The van der Waals surface area contributed by atoms with Crippen molar-refractivity contribution in [3.05, 3.63) is 35.4 Å². The molecule has 1 aromatic carbocycles. The van der Waals surface area contributed by atoms with E-state index in [1.807, 2.05) is 4.90 Å². The molecule has 1 heterocycles. The Morgan fingerprint density at radius 2 is 1.85 bits per heavy atom. The Kier molecular flexibility index (Phi) is 5.04. The Balaban J connectivity index is 2.02. The number of likely N-dealkylation sites (tertiary alicyclic amines) is 1. The van der Waals surface area contributed by atoms with Crippen molar-refractivity contribution in [2.45, 2.75) is 18.3 Å². The second-order valence-corrected chi connectivity index (χ2v) is 4.93. The van der Waals surface area contributed by atoms with Crippen LogP contribution in [0, 0.1) is 11.6 Å². The summed E-state index contributed by atoms with van der Waals surface area (Å²) in [6.45, 7) is 1.38. The zero-order valence-corrected chi connectivity index (χ0v) is 11.6. The maximum Gasteiger partial charge on any atom is 0.164 e. The van der Waals surface area contributed by atoms with Crippen molar-refractivity contribution < 1.29 is 23.4 Å². The number of halogens is 2. The summed E-state index contributed by atoms with van der Waals surface area (Å²) < 4.78 is 37.3. The van der Waals surface area contributed by atoms with Gasteiger partial charge in [-0.05, 0) is 6.07 Å². The number of ether oxygens (including phenoxy) is 2. The highest BCUT2D eigenvalue weighted by molar-refractivity contribution is 5.21. The highest BCUT2D eigenvalue weighted by atomic mass is 19.2. The van der Waals surface area contributed by atoms with Crippen molar-refractivity contribution in [2.75, 3.05) is 33.9 Å². The molecule has 3 unspecified atom stereocenters. The fourth-order valence-corrected chi connectivity index (χ4v) is 2.54. The van der Waals surface area contributed by atoms with Crippen LogP contribution >= 0.6 is 0 Å². The smallest absolute Gasteiger partial charge is 0.164 e. The fraction of sp³-hybridized carbons (Fsp3) is 0.571. The van der Waals surface area contributed by atoms with Crippen LogP contribution in [0.2, 0.25) is 0 Å². The fourth-order valence-electron chi connectivity index (χ4n) is 2.54. The summed E-state index contributed by atoms with van der Waals surface area (Å²) in [5.41, 5.74) is -0.0279. The van der Waals surface area contributed by atoms with Crippen LogP contribution in [0.1, 0.15) is 11.7 Å². The number of rotatable bonds is 5. The minimum absolute atomic E-state index is 0.0279. The number of hydrogen-bond donors (Lipinski definition) is 1. The van der Waals surface area contributed by atoms with Gasteiger partial charge >= 0.3 is 0 Å². The molecular formula is C14H19F2NO3. The van der Waals surface area contributed by atoms with Gasteiger partial charge in [-0.25, -0.2) is 8.78 Å². The number of methoxy groups -OCH3 is 2. The standard InChI is InChI=1S/C14H19F2NO3/c1-19-12-7-17(8-13(12)20-2)6-11(18)9-4-3-5-10(15)14(9)16/h3-5,11-13,18H,6-8H2,1-2H3. The molecule has 3 atom stereocenters. The third kappa shape index (κ3) is 3.15. The predicted octanol–water partition coefficient (Wildman–Crippen LogP) is 1.34. The lowest BCUT2D eigenvalue weighted by atomic mass is 10.1. The molecule has 6 heteroatoms. The van der Waals surface area contributed by atoms with Crippen LogP contribution in [0.3, 0.4) is 0 Å². The van der Waals surface area contributed by atoms with Gasteiger partial charge in [0.25, 0.3) is 0 Å². The summed E-state index contributed by atoms with van der Waals surface area (Å²) in [5.74, 6) is -1.95. The van der Waals surface area contributed by atoms with E-state index >= 15 is 0 Å². The van der Waals surface area contributed by atoms with E-state index in [-0.39, 0.29) is 24.3 Å². The van der Waals surface area contributed by atoms with Gasteiger partial charge in [0.2, 0.25) is 0 Å². The Hall–Kier alpha value is -1.08. The lowest BCUT2D eigenvalue weighted by molar-refractivity contribution is -0.00461. The van der Waals surface area contributed by atoms with Crippen LogP contribution in [0.25, 0.3) is 0 Å². The number of hydrogen-bond acceptors (Lipinski definition) is 4. The molecule has 2 rings (SSSR count). The topological polar surface area (TPSA) is 41.9 Å². The van der Waals surface area contributed by atoms with Gasteiger partial charge in [0.05, 0.1) is 18.3 Å². The van der Waals surface area contributed by atoms with E-state index in [0.29, 0.717) is 13.1 Å². The molecule has 1 aromatic rings. The van der Waals surface area contributed by atoms with E-state index in [9.17, 15) is 13.9 Å². The number of β-amino-alcohol motifs (C(OH)–C–C–N with tert-alkyl or cyclic N) is 1. The van der Waals surface area contributed by atoms with Crippen LogP contribution < -0.4 is 0 Å². The minimum Gasteiger partial charge on any atom is -0.387 e. The summed E-state index contributed by atoms with van der Waals surface area (Å²) >= 11 is 0. The first-order valence-corrected chi connectivity index (χ1v) is 6.46. The quantitative estimate of drug-likeness (QED) is 0.887. The van der Waals surface area contributed by atoms with Gasteiger partial charge in [-0.2, -0.15) is 0 Å². The molecule has 1 fully saturated rings. The van der Waals surface area contributed by atoms with Gasteiger partial charge in [-0.1, -0.05) is 12.1 Å². The summed E-state index contributed by atoms with van der Waals surface area (Å²) in [6, 6.07) is 3.81. The third-order valence-electron chi connectivity index (χ3n) is 3.67. The van der Waals surface area contributed by atoms with Crippen molar-refractivity contribution in [3.8, 4) is 0 Å². The molecule has 4 nitrogen and oxygen atoms in total. The molecule has 20 heavy (non-hydrogen) atoms. The molecule has 1 aliphatic rings. The van der Waals surface area contributed by atoms with E-state index < -0.39 is 17.7 Å². The molecule has 1 aliphatic heterocycles. The highest BCUT2D eigenvalue weighted by Gasteiger charge is 2.34. The van der Waals surface area contributed by atoms with Crippen LogP contribution in [0.15, 0.2) is 18.2 Å². The van der Waals surface area contributed by atoms with Crippen molar-refractivity contribution in [1.29, 1.82) is 0 Å². The van der Waals surface area contributed by atoms with Gasteiger partial charge < -0.3 is 14.6 Å². The summed E-state index contributed by atoms with van der Waals surface area (Å²) in [5, 5.41) is 10.1. The van der Waals surface area contributed by atoms with E-state index in [1.54, 1.807) is 14.2 Å². The van der Waals surface area contributed by atoms with E-state index in [2.05, 4.69) is 0 Å².